The molecule has 4 heterocycles. The van der Waals surface area contributed by atoms with Crippen LogP contribution in [0.25, 0.3) is 0 Å². The van der Waals surface area contributed by atoms with E-state index in [1.54, 1.807) is 29.7 Å². The molecule has 0 N–H and O–H groups in total. The second-order valence-electron chi connectivity index (χ2n) is 7.13. The summed E-state index contributed by atoms with van der Waals surface area (Å²) in [5, 5.41) is 2.05. The molecule has 1 atom stereocenters. The molecule has 0 bridgehead atoms. The maximum absolute atomic E-state index is 12.9. The van der Waals surface area contributed by atoms with Crippen molar-refractivity contribution in [2.24, 2.45) is 0 Å². The maximum atomic E-state index is 12.9. The number of hydrogen-bond donors (Lipinski definition) is 0. The molecule has 28 heavy (non-hydrogen) atoms. The van der Waals surface area contributed by atoms with Gasteiger partial charge >= 0.3 is 0 Å². The fourth-order valence-electron chi connectivity index (χ4n) is 3.90. The second kappa shape index (κ2) is 8.28. The fourth-order valence-corrected chi connectivity index (χ4v) is 6.16. The highest BCUT2D eigenvalue weighted by molar-refractivity contribution is 7.89. The standard InChI is InChI=1S/C19H24N4O3S2/c24-19(23-8-2-5-17(23)18-6-3-13-27-18)15-21-9-11-22(12-10-21)28(25,26)16-4-1-7-20-14-16/h1,3-4,6-7,13-14,17H,2,5,8-12,15H2. The summed E-state index contributed by atoms with van der Waals surface area (Å²) >= 11 is 1.70. The van der Waals surface area contributed by atoms with Crippen molar-refractivity contribution in [1.29, 1.82) is 0 Å². The third-order valence-corrected chi connectivity index (χ3v) is 8.26. The quantitative estimate of drug-likeness (QED) is 0.738. The first-order valence-corrected chi connectivity index (χ1v) is 11.8. The van der Waals surface area contributed by atoms with Crippen molar-refractivity contribution < 1.29 is 13.2 Å². The van der Waals surface area contributed by atoms with Gasteiger partial charge in [0.1, 0.15) is 4.90 Å². The van der Waals surface area contributed by atoms with E-state index in [0.29, 0.717) is 32.7 Å². The number of thiophene rings is 1. The summed E-state index contributed by atoms with van der Waals surface area (Å²) in [6.45, 7) is 3.04. The molecule has 150 valence electrons. The van der Waals surface area contributed by atoms with E-state index in [1.807, 2.05) is 11.0 Å². The molecule has 1 amide bonds. The molecule has 2 aromatic rings. The van der Waals surface area contributed by atoms with Crippen LogP contribution < -0.4 is 0 Å². The number of likely N-dealkylation sites (tertiary alicyclic amines) is 1. The van der Waals surface area contributed by atoms with Gasteiger partial charge in [-0.1, -0.05) is 6.07 Å². The molecule has 9 heteroatoms. The predicted molar refractivity (Wildman–Crippen MR) is 107 cm³/mol. The molecule has 2 fully saturated rings. The topological polar surface area (TPSA) is 73.8 Å². The summed E-state index contributed by atoms with van der Waals surface area (Å²) in [6, 6.07) is 7.52. The molecule has 0 radical (unpaired) electrons. The van der Waals surface area contributed by atoms with E-state index in [-0.39, 0.29) is 16.8 Å². The predicted octanol–water partition coefficient (Wildman–Crippen LogP) is 1.81. The SMILES string of the molecule is O=C(CN1CCN(S(=O)(=O)c2cccnc2)CC1)N1CCCC1c1cccs1. The summed E-state index contributed by atoms with van der Waals surface area (Å²) in [5.74, 6) is 0.138. The Labute approximate surface area is 169 Å². The third kappa shape index (κ3) is 3.98. The van der Waals surface area contributed by atoms with E-state index in [1.165, 1.54) is 15.4 Å². The zero-order chi connectivity index (χ0) is 19.6. The third-order valence-electron chi connectivity index (χ3n) is 5.41. The van der Waals surface area contributed by atoms with Gasteiger partial charge in [-0.25, -0.2) is 8.42 Å². The van der Waals surface area contributed by atoms with E-state index >= 15 is 0 Å². The average Bonchev–Trinajstić information content (AvgIpc) is 3.40. The van der Waals surface area contributed by atoms with Crippen LogP contribution in [0.15, 0.2) is 46.9 Å². The van der Waals surface area contributed by atoms with Crippen molar-refractivity contribution in [3.8, 4) is 0 Å². The Kier molecular flexibility index (Phi) is 5.77. The molecule has 2 aromatic heterocycles. The van der Waals surface area contributed by atoms with E-state index in [2.05, 4.69) is 21.3 Å². The van der Waals surface area contributed by atoms with Crippen LogP contribution in [0, 0.1) is 0 Å². The number of rotatable bonds is 5. The van der Waals surface area contributed by atoms with Crippen LogP contribution in [-0.4, -0.2) is 72.7 Å². The Morgan fingerprint density at radius 1 is 1.14 bits per heavy atom. The number of pyridine rings is 1. The number of nitrogens with zero attached hydrogens (tertiary/aromatic N) is 4. The van der Waals surface area contributed by atoms with Gasteiger partial charge in [-0.15, -0.1) is 11.3 Å². The Hall–Kier alpha value is -1.81. The summed E-state index contributed by atoms with van der Waals surface area (Å²) in [7, 11) is -3.52. The summed E-state index contributed by atoms with van der Waals surface area (Å²) in [5.41, 5.74) is 0. The molecule has 2 aliphatic rings. The highest BCUT2D eigenvalue weighted by Crippen LogP contribution is 2.34. The zero-order valence-corrected chi connectivity index (χ0v) is 17.2. The Bertz CT molecular complexity index is 895. The van der Waals surface area contributed by atoms with Crippen LogP contribution >= 0.6 is 11.3 Å². The number of sulfonamides is 1. The number of piperazine rings is 1. The van der Waals surface area contributed by atoms with Crippen molar-refractivity contribution in [3.63, 3.8) is 0 Å². The lowest BCUT2D eigenvalue weighted by molar-refractivity contribution is -0.133. The number of aromatic nitrogens is 1. The van der Waals surface area contributed by atoms with Gasteiger partial charge in [0.2, 0.25) is 15.9 Å². The van der Waals surface area contributed by atoms with Crippen molar-refractivity contribution in [2.45, 2.75) is 23.8 Å². The van der Waals surface area contributed by atoms with Gasteiger partial charge in [-0.2, -0.15) is 4.31 Å². The van der Waals surface area contributed by atoms with Crippen LogP contribution in [0.5, 0.6) is 0 Å². The van der Waals surface area contributed by atoms with Gasteiger partial charge in [-0.3, -0.25) is 14.7 Å². The minimum Gasteiger partial charge on any atom is -0.334 e. The highest BCUT2D eigenvalue weighted by Gasteiger charge is 2.33. The number of amides is 1. The lowest BCUT2D eigenvalue weighted by Gasteiger charge is -2.35. The summed E-state index contributed by atoms with van der Waals surface area (Å²) in [4.78, 5) is 22.3. The first-order chi connectivity index (χ1) is 13.6. The minimum absolute atomic E-state index is 0.138. The normalized spacial score (nSPS) is 21.9. The van der Waals surface area contributed by atoms with Gasteiger partial charge in [-0.05, 0) is 36.4 Å². The molecule has 2 saturated heterocycles. The van der Waals surface area contributed by atoms with Gasteiger partial charge in [0.25, 0.3) is 0 Å². The van der Waals surface area contributed by atoms with Crippen LogP contribution in [0.1, 0.15) is 23.8 Å². The van der Waals surface area contributed by atoms with Gasteiger partial charge < -0.3 is 4.90 Å². The maximum Gasteiger partial charge on any atom is 0.244 e. The molecule has 4 rings (SSSR count). The van der Waals surface area contributed by atoms with Crippen molar-refractivity contribution in [3.05, 3.63) is 46.9 Å². The lowest BCUT2D eigenvalue weighted by atomic mass is 10.2. The molecule has 0 saturated carbocycles. The number of hydrogen-bond acceptors (Lipinski definition) is 6. The number of carbonyl (C=O) groups excluding carboxylic acids is 1. The van der Waals surface area contributed by atoms with Gasteiger partial charge in [0.15, 0.2) is 0 Å². The van der Waals surface area contributed by atoms with E-state index < -0.39 is 10.0 Å². The zero-order valence-electron chi connectivity index (χ0n) is 15.6. The Balaban J connectivity index is 1.34. The smallest absolute Gasteiger partial charge is 0.244 e. The van der Waals surface area contributed by atoms with Crippen LogP contribution in [0.2, 0.25) is 0 Å². The van der Waals surface area contributed by atoms with Crippen molar-refractivity contribution in [2.75, 3.05) is 39.3 Å². The van der Waals surface area contributed by atoms with Gasteiger partial charge in [0.05, 0.1) is 12.6 Å². The monoisotopic (exact) mass is 420 g/mol. The lowest BCUT2D eigenvalue weighted by Crippen LogP contribution is -2.51. The molecule has 0 aliphatic carbocycles. The molecule has 1 unspecified atom stereocenters. The largest absolute Gasteiger partial charge is 0.334 e. The Morgan fingerprint density at radius 3 is 2.64 bits per heavy atom. The van der Waals surface area contributed by atoms with Crippen molar-refractivity contribution >= 4 is 27.3 Å². The van der Waals surface area contributed by atoms with Crippen LogP contribution in [0.3, 0.4) is 0 Å². The molecular weight excluding hydrogens is 396 g/mol. The van der Waals surface area contributed by atoms with E-state index in [0.717, 1.165) is 19.4 Å². The molecule has 2 aliphatic heterocycles. The van der Waals surface area contributed by atoms with Gasteiger partial charge in [0, 0.05) is 50.0 Å². The first-order valence-electron chi connectivity index (χ1n) is 9.51. The van der Waals surface area contributed by atoms with E-state index in [9.17, 15) is 13.2 Å². The average molecular weight is 421 g/mol. The Morgan fingerprint density at radius 2 is 1.96 bits per heavy atom. The molecular formula is C19H24N4O3S2. The molecule has 7 nitrogen and oxygen atoms in total. The van der Waals surface area contributed by atoms with Crippen LogP contribution in [0.4, 0.5) is 0 Å². The minimum atomic E-state index is -3.52. The number of carbonyl (C=O) groups is 1. The van der Waals surface area contributed by atoms with Crippen molar-refractivity contribution in [1.82, 2.24) is 19.1 Å². The fraction of sp³-hybridized carbons (Fsp3) is 0.474. The highest BCUT2D eigenvalue weighted by atomic mass is 32.2. The second-order valence-corrected chi connectivity index (χ2v) is 10.0. The van der Waals surface area contributed by atoms with E-state index in [4.69, 9.17) is 0 Å². The summed E-state index contributed by atoms with van der Waals surface area (Å²) in [6.07, 6.45) is 4.99. The molecule has 0 aromatic carbocycles. The van der Waals surface area contributed by atoms with Crippen LogP contribution in [-0.2, 0) is 14.8 Å². The first kappa shape index (κ1) is 19.5. The summed E-state index contributed by atoms with van der Waals surface area (Å²) < 4.78 is 26.9. The molecule has 0 spiro atoms.